The van der Waals surface area contributed by atoms with Crippen LogP contribution < -0.4 is 10.6 Å². The summed E-state index contributed by atoms with van der Waals surface area (Å²) in [6.45, 7) is 2.23. The summed E-state index contributed by atoms with van der Waals surface area (Å²) in [6.07, 6.45) is 0. The summed E-state index contributed by atoms with van der Waals surface area (Å²) in [4.78, 5) is 26.4. The van der Waals surface area contributed by atoms with E-state index in [1.165, 1.54) is 11.3 Å². The molecular weight excluding hydrogens is 230 g/mol. The molecule has 0 spiro atoms. The molecule has 0 fully saturated rings. The largest absolute Gasteiger partial charge is 0.461 e. The predicted octanol–water partition coefficient (Wildman–Crippen LogP) is 0.478. The highest BCUT2D eigenvalue weighted by atomic mass is 32.1. The first-order valence-electron chi connectivity index (χ1n) is 4.74. The first-order valence-corrected chi connectivity index (χ1v) is 5.62. The Bertz CT molecular complexity index is 378. The molecule has 2 N–H and O–H groups in total. The Labute approximate surface area is 97.0 Å². The number of carbonyl (C=O) groups excluding carboxylic acids is 2. The van der Waals surface area contributed by atoms with Crippen molar-refractivity contribution in [3.8, 4) is 0 Å². The zero-order chi connectivity index (χ0) is 12.0. The Kier molecular flexibility index (Phi) is 4.87. The van der Waals surface area contributed by atoms with Crippen molar-refractivity contribution >= 4 is 28.3 Å². The molecule has 6 nitrogen and oxygen atoms in total. The second kappa shape index (κ2) is 6.19. The van der Waals surface area contributed by atoms with E-state index < -0.39 is 5.97 Å². The van der Waals surface area contributed by atoms with E-state index in [4.69, 9.17) is 4.74 Å². The molecule has 0 unspecified atom stereocenters. The van der Waals surface area contributed by atoms with Gasteiger partial charge in [-0.15, -0.1) is 11.3 Å². The van der Waals surface area contributed by atoms with E-state index in [-0.39, 0.29) is 18.1 Å². The van der Waals surface area contributed by atoms with Crippen molar-refractivity contribution in [1.29, 1.82) is 0 Å². The zero-order valence-electron chi connectivity index (χ0n) is 9.07. The average molecular weight is 243 g/mol. The van der Waals surface area contributed by atoms with E-state index in [1.807, 2.05) is 0 Å². The third-order valence-electron chi connectivity index (χ3n) is 1.57. The molecule has 1 rings (SSSR count). The summed E-state index contributed by atoms with van der Waals surface area (Å²) < 4.78 is 4.77. The number of thiazole rings is 1. The maximum absolute atomic E-state index is 11.3. The number of likely N-dealkylation sites (N-methyl/N-ethyl adjacent to an activating group) is 1. The summed E-state index contributed by atoms with van der Waals surface area (Å²) in [5.74, 6) is -0.680. The molecule has 0 aliphatic heterocycles. The molecule has 16 heavy (non-hydrogen) atoms. The number of esters is 1. The molecule has 0 aromatic carbocycles. The fourth-order valence-electron chi connectivity index (χ4n) is 0.954. The molecule has 1 heterocycles. The maximum Gasteiger partial charge on any atom is 0.357 e. The molecule has 88 valence electrons. The Balaban J connectivity index is 2.57. The van der Waals surface area contributed by atoms with Gasteiger partial charge in [-0.1, -0.05) is 0 Å². The van der Waals surface area contributed by atoms with Crippen LogP contribution in [0, 0.1) is 0 Å². The van der Waals surface area contributed by atoms with Gasteiger partial charge >= 0.3 is 5.97 Å². The number of rotatable bonds is 5. The predicted molar refractivity (Wildman–Crippen MR) is 60.6 cm³/mol. The Morgan fingerprint density at radius 2 is 2.31 bits per heavy atom. The van der Waals surface area contributed by atoms with Gasteiger partial charge in [0.05, 0.1) is 13.2 Å². The quantitative estimate of drug-likeness (QED) is 0.735. The molecule has 0 radical (unpaired) electrons. The highest BCUT2D eigenvalue weighted by molar-refractivity contribution is 7.14. The first kappa shape index (κ1) is 12.6. The SMILES string of the molecule is CCOC(=O)c1csc(NC(=O)CNC)n1. The molecule has 1 aromatic heterocycles. The number of amides is 1. The van der Waals surface area contributed by atoms with Gasteiger partial charge in [0.1, 0.15) is 0 Å². The number of aromatic nitrogens is 1. The van der Waals surface area contributed by atoms with Gasteiger partial charge in [0, 0.05) is 5.38 Å². The lowest BCUT2D eigenvalue weighted by Gasteiger charge is -1.99. The van der Waals surface area contributed by atoms with Crippen LogP contribution in [0.5, 0.6) is 0 Å². The zero-order valence-corrected chi connectivity index (χ0v) is 9.89. The van der Waals surface area contributed by atoms with Crippen LogP contribution in [0.4, 0.5) is 5.13 Å². The van der Waals surface area contributed by atoms with Crippen LogP contribution in [0.1, 0.15) is 17.4 Å². The van der Waals surface area contributed by atoms with Crippen molar-refractivity contribution in [2.75, 3.05) is 25.5 Å². The average Bonchev–Trinajstić information content (AvgIpc) is 2.67. The van der Waals surface area contributed by atoms with Crippen molar-refractivity contribution in [1.82, 2.24) is 10.3 Å². The minimum atomic E-state index is -0.479. The minimum absolute atomic E-state index is 0.202. The van der Waals surface area contributed by atoms with Crippen LogP contribution in [-0.2, 0) is 9.53 Å². The van der Waals surface area contributed by atoms with Crippen LogP contribution in [-0.4, -0.2) is 37.1 Å². The molecule has 0 bridgehead atoms. The van der Waals surface area contributed by atoms with Crippen molar-refractivity contribution in [2.45, 2.75) is 6.92 Å². The normalized spacial score (nSPS) is 9.88. The number of nitrogens with zero attached hydrogens (tertiary/aromatic N) is 1. The van der Waals surface area contributed by atoms with Crippen LogP contribution in [0.2, 0.25) is 0 Å². The van der Waals surface area contributed by atoms with Gasteiger partial charge < -0.3 is 15.4 Å². The smallest absolute Gasteiger partial charge is 0.357 e. The third kappa shape index (κ3) is 3.59. The summed E-state index contributed by atoms with van der Waals surface area (Å²) in [7, 11) is 1.67. The summed E-state index contributed by atoms with van der Waals surface area (Å²) in [5, 5.41) is 7.21. The minimum Gasteiger partial charge on any atom is -0.461 e. The van der Waals surface area contributed by atoms with Gasteiger partial charge in [0.25, 0.3) is 0 Å². The number of carbonyl (C=O) groups is 2. The van der Waals surface area contributed by atoms with Gasteiger partial charge in [0.15, 0.2) is 10.8 Å². The second-order valence-corrected chi connectivity index (χ2v) is 3.69. The van der Waals surface area contributed by atoms with E-state index in [0.717, 1.165) is 0 Å². The Morgan fingerprint density at radius 3 is 2.94 bits per heavy atom. The van der Waals surface area contributed by atoms with E-state index in [1.54, 1.807) is 19.4 Å². The van der Waals surface area contributed by atoms with Crippen molar-refractivity contribution in [2.24, 2.45) is 0 Å². The molecule has 0 atom stereocenters. The number of nitrogens with one attached hydrogen (secondary N) is 2. The van der Waals surface area contributed by atoms with E-state index >= 15 is 0 Å². The number of anilines is 1. The van der Waals surface area contributed by atoms with Gasteiger partial charge in [-0.3, -0.25) is 4.79 Å². The van der Waals surface area contributed by atoms with Gasteiger partial charge in [-0.2, -0.15) is 0 Å². The van der Waals surface area contributed by atoms with E-state index in [2.05, 4.69) is 15.6 Å². The molecule has 0 aliphatic carbocycles. The van der Waals surface area contributed by atoms with Gasteiger partial charge in [0.2, 0.25) is 5.91 Å². The first-order chi connectivity index (χ1) is 7.67. The number of hydrogen-bond donors (Lipinski definition) is 2. The van der Waals surface area contributed by atoms with E-state index in [9.17, 15) is 9.59 Å². The lowest BCUT2D eigenvalue weighted by Crippen LogP contribution is -2.25. The van der Waals surface area contributed by atoms with E-state index in [0.29, 0.717) is 11.7 Å². The van der Waals surface area contributed by atoms with Crippen LogP contribution in [0.25, 0.3) is 0 Å². The van der Waals surface area contributed by atoms with Crippen molar-refractivity contribution in [3.05, 3.63) is 11.1 Å². The number of ether oxygens (including phenoxy) is 1. The van der Waals surface area contributed by atoms with Gasteiger partial charge in [-0.25, -0.2) is 9.78 Å². The maximum atomic E-state index is 11.3. The fourth-order valence-corrected chi connectivity index (χ4v) is 1.65. The lowest BCUT2D eigenvalue weighted by atomic mass is 10.5. The standard InChI is InChI=1S/C9H13N3O3S/c1-3-15-8(14)6-5-16-9(11-6)12-7(13)4-10-2/h5,10H,3-4H2,1-2H3,(H,11,12,13). The fraction of sp³-hybridized carbons (Fsp3) is 0.444. The summed E-state index contributed by atoms with van der Waals surface area (Å²) in [6, 6.07) is 0. The molecule has 1 aromatic rings. The van der Waals surface area contributed by atoms with Crippen molar-refractivity contribution in [3.63, 3.8) is 0 Å². The van der Waals surface area contributed by atoms with Crippen molar-refractivity contribution < 1.29 is 14.3 Å². The van der Waals surface area contributed by atoms with Crippen LogP contribution >= 0.6 is 11.3 Å². The molecule has 0 saturated heterocycles. The monoisotopic (exact) mass is 243 g/mol. The topological polar surface area (TPSA) is 80.3 Å². The Hall–Kier alpha value is -1.47. The highest BCUT2D eigenvalue weighted by Crippen LogP contribution is 2.15. The molecule has 7 heteroatoms. The summed E-state index contributed by atoms with van der Waals surface area (Å²) in [5.41, 5.74) is 0.214. The third-order valence-corrected chi connectivity index (χ3v) is 2.33. The summed E-state index contributed by atoms with van der Waals surface area (Å²) >= 11 is 1.19. The molecule has 0 aliphatic rings. The molecular formula is C9H13N3O3S. The lowest BCUT2D eigenvalue weighted by molar-refractivity contribution is -0.115. The van der Waals surface area contributed by atoms with Crippen LogP contribution in [0.15, 0.2) is 5.38 Å². The Morgan fingerprint density at radius 1 is 1.56 bits per heavy atom. The number of hydrogen-bond acceptors (Lipinski definition) is 6. The molecule has 0 saturated carbocycles. The highest BCUT2D eigenvalue weighted by Gasteiger charge is 2.12. The molecule has 1 amide bonds. The second-order valence-electron chi connectivity index (χ2n) is 2.84. The van der Waals surface area contributed by atoms with Crippen LogP contribution in [0.3, 0.4) is 0 Å². The van der Waals surface area contributed by atoms with Gasteiger partial charge in [-0.05, 0) is 14.0 Å².